The van der Waals surface area contributed by atoms with E-state index in [9.17, 15) is 4.79 Å². The number of amides is 1. The highest BCUT2D eigenvalue weighted by Gasteiger charge is 2.31. The quantitative estimate of drug-likeness (QED) is 0.736. The fourth-order valence-electron chi connectivity index (χ4n) is 4.02. The van der Waals surface area contributed by atoms with Crippen LogP contribution in [-0.4, -0.2) is 37.7 Å². The number of benzene rings is 1. The van der Waals surface area contributed by atoms with Gasteiger partial charge in [0, 0.05) is 36.4 Å². The van der Waals surface area contributed by atoms with Crippen LogP contribution >= 0.6 is 0 Å². The molecule has 2 aromatic heterocycles. The summed E-state index contributed by atoms with van der Waals surface area (Å²) in [5.41, 5.74) is 4.09. The lowest BCUT2D eigenvalue weighted by Crippen LogP contribution is -2.38. The minimum atomic E-state index is 0.140. The van der Waals surface area contributed by atoms with Crippen molar-refractivity contribution in [2.45, 2.75) is 39.3 Å². The number of likely N-dealkylation sites (tertiary alicyclic amines) is 1. The first-order valence-corrected chi connectivity index (χ1v) is 8.90. The van der Waals surface area contributed by atoms with Gasteiger partial charge in [0.2, 0.25) is 0 Å². The van der Waals surface area contributed by atoms with Gasteiger partial charge in [-0.25, -0.2) is 0 Å². The predicted octanol–water partition coefficient (Wildman–Crippen LogP) is 3.30. The van der Waals surface area contributed by atoms with Gasteiger partial charge in [-0.2, -0.15) is 5.10 Å². The summed E-state index contributed by atoms with van der Waals surface area (Å²) in [7, 11) is 2.00. The third-order valence-corrected chi connectivity index (χ3v) is 5.25. The summed E-state index contributed by atoms with van der Waals surface area (Å²) in [5.74, 6) is 0.140. The molecule has 1 saturated heterocycles. The van der Waals surface area contributed by atoms with Crippen LogP contribution in [0.5, 0.6) is 0 Å². The van der Waals surface area contributed by atoms with Crippen LogP contribution in [0.1, 0.15) is 34.6 Å². The normalized spacial score (nSPS) is 17.6. The van der Waals surface area contributed by atoms with E-state index in [0.717, 1.165) is 53.8 Å². The fourth-order valence-corrected chi connectivity index (χ4v) is 4.02. The molecule has 3 heterocycles. The molecule has 3 aromatic rings. The van der Waals surface area contributed by atoms with E-state index in [1.54, 1.807) is 0 Å². The van der Waals surface area contributed by atoms with Gasteiger partial charge in [-0.1, -0.05) is 18.2 Å². The van der Waals surface area contributed by atoms with E-state index in [2.05, 4.69) is 24.2 Å². The van der Waals surface area contributed by atoms with Crippen molar-refractivity contribution in [2.24, 2.45) is 7.05 Å². The summed E-state index contributed by atoms with van der Waals surface area (Å²) in [4.78, 5) is 15.3. The summed E-state index contributed by atoms with van der Waals surface area (Å²) in [6.45, 7) is 5.69. The van der Waals surface area contributed by atoms with E-state index in [0.29, 0.717) is 0 Å². The van der Waals surface area contributed by atoms with Crippen molar-refractivity contribution >= 4 is 16.8 Å². The summed E-state index contributed by atoms with van der Waals surface area (Å²) >= 11 is 0. The minimum absolute atomic E-state index is 0.140. The number of carbonyl (C=O) groups excluding carboxylic acids is 1. The van der Waals surface area contributed by atoms with Gasteiger partial charge in [-0.05, 0) is 38.8 Å². The molecule has 1 aliphatic rings. The number of nitrogens with zero attached hydrogens (tertiary/aromatic N) is 4. The Morgan fingerprint density at radius 2 is 2.08 bits per heavy atom. The largest absolute Gasteiger partial charge is 0.350 e. The van der Waals surface area contributed by atoms with Gasteiger partial charge in [0.05, 0.1) is 23.8 Å². The Balaban J connectivity index is 1.63. The first kappa shape index (κ1) is 15.9. The Kier molecular flexibility index (Phi) is 3.86. The number of aryl methyl sites for hydroxylation is 3. The van der Waals surface area contributed by atoms with E-state index in [-0.39, 0.29) is 11.9 Å². The average molecular weight is 336 g/mol. The lowest BCUT2D eigenvalue weighted by molar-refractivity contribution is 0.0723. The SMILES string of the molecule is Cc1cc(C)n(CC2CCCN2C(=O)c2cn(C)c3ccccc23)n1. The lowest BCUT2D eigenvalue weighted by atomic mass is 10.1. The van der Waals surface area contributed by atoms with E-state index >= 15 is 0 Å². The molecule has 1 atom stereocenters. The molecule has 5 nitrogen and oxygen atoms in total. The van der Waals surface area contributed by atoms with Crippen molar-refractivity contribution in [3.8, 4) is 0 Å². The van der Waals surface area contributed by atoms with Crippen molar-refractivity contribution in [1.29, 1.82) is 0 Å². The first-order chi connectivity index (χ1) is 12.0. The van der Waals surface area contributed by atoms with Crippen LogP contribution in [-0.2, 0) is 13.6 Å². The monoisotopic (exact) mass is 336 g/mol. The van der Waals surface area contributed by atoms with Crippen LogP contribution < -0.4 is 0 Å². The van der Waals surface area contributed by atoms with Gasteiger partial charge < -0.3 is 9.47 Å². The van der Waals surface area contributed by atoms with Crippen LogP contribution in [0.4, 0.5) is 0 Å². The zero-order valence-corrected chi connectivity index (χ0v) is 15.1. The minimum Gasteiger partial charge on any atom is -0.350 e. The average Bonchev–Trinajstić information content (AvgIpc) is 3.27. The smallest absolute Gasteiger partial charge is 0.256 e. The maximum absolute atomic E-state index is 13.2. The lowest BCUT2D eigenvalue weighted by Gasteiger charge is -2.25. The Morgan fingerprint density at radius 3 is 2.84 bits per heavy atom. The molecular formula is C20H24N4O. The second-order valence-corrected chi connectivity index (χ2v) is 7.07. The highest BCUT2D eigenvalue weighted by molar-refractivity contribution is 6.07. The van der Waals surface area contributed by atoms with Gasteiger partial charge in [-0.3, -0.25) is 9.48 Å². The van der Waals surface area contributed by atoms with Crippen LogP contribution in [0.15, 0.2) is 36.5 Å². The molecule has 5 heteroatoms. The molecule has 0 aliphatic carbocycles. The van der Waals surface area contributed by atoms with Crippen LogP contribution in [0, 0.1) is 13.8 Å². The molecule has 1 aromatic carbocycles. The number of fused-ring (bicyclic) bond motifs is 1. The molecule has 1 amide bonds. The third-order valence-electron chi connectivity index (χ3n) is 5.25. The molecule has 0 N–H and O–H groups in total. The van der Waals surface area contributed by atoms with Gasteiger partial charge in [0.25, 0.3) is 5.91 Å². The van der Waals surface area contributed by atoms with Gasteiger partial charge in [-0.15, -0.1) is 0 Å². The fraction of sp³-hybridized carbons (Fsp3) is 0.400. The maximum atomic E-state index is 13.2. The number of carbonyl (C=O) groups is 1. The molecule has 0 spiro atoms. The van der Waals surface area contributed by atoms with Crippen molar-refractivity contribution in [1.82, 2.24) is 19.2 Å². The van der Waals surface area contributed by atoms with Crippen LogP contribution in [0.3, 0.4) is 0 Å². The second kappa shape index (κ2) is 6.06. The highest BCUT2D eigenvalue weighted by Crippen LogP contribution is 2.26. The number of hydrogen-bond donors (Lipinski definition) is 0. The van der Waals surface area contributed by atoms with Crippen molar-refractivity contribution in [3.05, 3.63) is 53.5 Å². The van der Waals surface area contributed by atoms with Gasteiger partial charge >= 0.3 is 0 Å². The van der Waals surface area contributed by atoms with E-state index in [1.807, 2.05) is 52.5 Å². The molecule has 0 bridgehead atoms. The predicted molar refractivity (Wildman–Crippen MR) is 98.7 cm³/mol. The molecule has 1 fully saturated rings. The molecule has 1 unspecified atom stereocenters. The molecule has 4 rings (SSSR count). The number of hydrogen-bond acceptors (Lipinski definition) is 2. The maximum Gasteiger partial charge on any atom is 0.256 e. The zero-order chi connectivity index (χ0) is 17.6. The second-order valence-electron chi connectivity index (χ2n) is 7.07. The molecule has 25 heavy (non-hydrogen) atoms. The summed E-state index contributed by atoms with van der Waals surface area (Å²) < 4.78 is 4.07. The van der Waals surface area contributed by atoms with E-state index in [4.69, 9.17) is 0 Å². The third kappa shape index (κ3) is 2.73. The summed E-state index contributed by atoms with van der Waals surface area (Å²) in [6.07, 6.45) is 4.06. The Hall–Kier alpha value is -2.56. The summed E-state index contributed by atoms with van der Waals surface area (Å²) in [6, 6.07) is 10.4. The standard InChI is InChI=1S/C20H24N4O/c1-14-11-15(2)24(21-14)12-16-7-6-10-23(16)20(25)18-13-22(3)19-9-5-4-8-17(18)19/h4-5,8-9,11,13,16H,6-7,10,12H2,1-3H3. The number of aromatic nitrogens is 3. The van der Waals surface area contributed by atoms with Crippen molar-refractivity contribution < 1.29 is 4.79 Å². The van der Waals surface area contributed by atoms with E-state index in [1.165, 1.54) is 0 Å². The summed E-state index contributed by atoms with van der Waals surface area (Å²) in [5, 5.41) is 5.60. The topological polar surface area (TPSA) is 43.1 Å². The molecule has 0 radical (unpaired) electrons. The molecule has 130 valence electrons. The number of para-hydroxylation sites is 1. The highest BCUT2D eigenvalue weighted by atomic mass is 16.2. The van der Waals surface area contributed by atoms with Crippen molar-refractivity contribution in [3.63, 3.8) is 0 Å². The zero-order valence-electron chi connectivity index (χ0n) is 15.1. The Labute approximate surface area is 147 Å². The van der Waals surface area contributed by atoms with E-state index < -0.39 is 0 Å². The first-order valence-electron chi connectivity index (χ1n) is 8.90. The Morgan fingerprint density at radius 1 is 1.28 bits per heavy atom. The van der Waals surface area contributed by atoms with Crippen molar-refractivity contribution in [2.75, 3.05) is 6.54 Å². The molecule has 0 saturated carbocycles. The van der Waals surface area contributed by atoms with Crippen LogP contribution in [0.2, 0.25) is 0 Å². The van der Waals surface area contributed by atoms with Gasteiger partial charge in [0.15, 0.2) is 0 Å². The Bertz CT molecular complexity index is 936. The van der Waals surface area contributed by atoms with Crippen LogP contribution in [0.25, 0.3) is 10.9 Å². The molecule has 1 aliphatic heterocycles. The molecular weight excluding hydrogens is 312 g/mol. The van der Waals surface area contributed by atoms with Gasteiger partial charge in [0.1, 0.15) is 0 Å². The number of rotatable bonds is 3.